The lowest BCUT2D eigenvalue weighted by atomic mass is 10.1. The number of carbonyl (C=O) groups is 5. The topological polar surface area (TPSA) is 217 Å². The Morgan fingerprint density at radius 2 is 0.843 bits per heavy atom. The lowest BCUT2D eigenvalue weighted by Gasteiger charge is -2.28. The van der Waals surface area contributed by atoms with Gasteiger partial charge in [0.25, 0.3) is 0 Å². The zero-order valence-corrected chi connectivity index (χ0v) is 29.5. The molecule has 0 saturated carbocycles. The van der Waals surface area contributed by atoms with E-state index in [4.69, 9.17) is 18.9 Å². The Bertz CT molecular complexity index is 1360. The Labute approximate surface area is 297 Å². The summed E-state index contributed by atoms with van der Waals surface area (Å²) in [5.74, 6) is -2.04. The third-order valence-corrected chi connectivity index (χ3v) is 7.64. The molecule has 0 aromatic heterocycles. The Kier molecular flexibility index (Phi) is 18.6. The van der Waals surface area contributed by atoms with Gasteiger partial charge in [0.05, 0.1) is 61.2 Å². The van der Waals surface area contributed by atoms with Crippen LogP contribution in [0, 0.1) is 0 Å². The van der Waals surface area contributed by atoms with Crippen molar-refractivity contribution in [2.24, 2.45) is 0 Å². The molecule has 282 valence electrons. The van der Waals surface area contributed by atoms with Gasteiger partial charge in [-0.1, -0.05) is 12.1 Å². The molecule has 0 spiro atoms. The molecule has 0 bridgehead atoms. The smallest absolute Gasteiger partial charge is 0.317 e. The normalized spacial score (nSPS) is 11.0. The number of benzene rings is 2. The number of amides is 2. The minimum atomic E-state index is -1.16. The summed E-state index contributed by atoms with van der Waals surface area (Å²) in [6.07, 6.45) is 0.973. The van der Waals surface area contributed by atoms with Gasteiger partial charge < -0.3 is 44.9 Å². The van der Waals surface area contributed by atoms with Crippen LogP contribution in [-0.2, 0) is 36.8 Å². The number of carbonyl (C=O) groups excluding carboxylic acids is 2. The molecule has 0 radical (unpaired) electrons. The van der Waals surface area contributed by atoms with Gasteiger partial charge in [-0.15, -0.1) is 0 Å². The summed E-state index contributed by atoms with van der Waals surface area (Å²) >= 11 is 0. The first kappa shape index (κ1) is 42.0. The molecule has 0 unspecified atom stereocenters. The Morgan fingerprint density at radius 1 is 0.510 bits per heavy atom. The van der Waals surface area contributed by atoms with Crippen molar-refractivity contribution in [1.29, 1.82) is 0 Å². The van der Waals surface area contributed by atoms with E-state index in [1.807, 2.05) is 12.1 Å². The van der Waals surface area contributed by atoms with Gasteiger partial charge in [0.1, 0.15) is 0 Å². The summed E-state index contributed by atoms with van der Waals surface area (Å²) in [4.78, 5) is 64.3. The molecule has 2 rings (SSSR count). The number of rotatable bonds is 26. The number of aliphatic carboxylic acids is 3. The summed E-state index contributed by atoms with van der Waals surface area (Å²) < 4.78 is 21.1. The molecule has 51 heavy (non-hydrogen) atoms. The quantitative estimate of drug-likeness (QED) is 0.0858. The molecular formula is C34H49N5O12. The summed E-state index contributed by atoms with van der Waals surface area (Å²) in [7, 11) is 6.11. The third-order valence-electron chi connectivity index (χ3n) is 7.64. The van der Waals surface area contributed by atoms with Crippen LogP contribution in [0.15, 0.2) is 36.4 Å². The maximum atomic E-state index is 12.7. The molecule has 0 atom stereocenters. The van der Waals surface area contributed by atoms with Gasteiger partial charge in [-0.3, -0.25) is 38.7 Å². The first-order valence-corrected chi connectivity index (χ1v) is 16.1. The van der Waals surface area contributed by atoms with Crippen molar-refractivity contribution in [3.05, 3.63) is 47.5 Å². The molecule has 0 heterocycles. The highest BCUT2D eigenvalue weighted by atomic mass is 16.5. The van der Waals surface area contributed by atoms with Crippen LogP contribution in [-0.4, -0.2) is 160 Å². The maximum Gasteiger partial charge on any atom is 0.317 e. The minimum Gasteiger partial charge on any atom is -0.493 e. The van der Waals surface area contributed by atoms with Gasteiger partial charge in [0.2, 0.25) is 11.8 Å². The number of carboxylic acid groups (broad SMARTS) is 3. The Hall–Kier alpha value is -5.13. The van der Waals surface area contributed by atoms with E-state index < -0.39 is 49.4 Å². The summed E-state index contributed by atoms with van der Waals surface area (Å²) in [6, 6.07) is 10.8. The number of carboxylic acids is 3. The molecule has 2 aromatic rings. The van der Waals surface area contributed by atoms with Crippen molar-refractivity contribution >= 4 is 29.7 Å². The highest BCUT2D eigenvalue weighted by Gasteiger charge is 2.20. The van der Waals surface area contributed by atoms with E-state index in [0.717, 1.165) is 11.1 Å². The number of nitrogens with one attached hydrogen (secondary N) is 2. The van der Waals surface area contributed by atoms with Crippen LogP contribution in [0.25, 0.3) is 0 Å². The second-order valence-corrected chi connectivity index (χ2v) is 11.5. The predicted octanol–water partition coefficient (Wildman–Crippen LogP) is -0.102. The first-order chi connectivity index (χ1) is 24.4. The van der Waals surface area contributed by atoms with Crippen LogP contribution in [0.3, 0.4) is 0 Å². The SMILES string of the molecule is COc1ccc(CCNC(=O)CN(CCN(CCN(CC(=O)O)CC(=O)NCCc2ccc(OC)c(OC)c2)CC(=O)O)CC(=O)O)cc1OC. The van der Waals surface area contributed by atoms with Crippen LogP contribution in [0.2, 0.25) is 0 Å². The third kappa shape index (κ3) is 16.4. The number of hydrogen-bond donors (Lipinski definition) is 5. The number of nitrogens with zero attached hydrogens (tertiary/aromatic N) is 3. The van der Waals surface area contributed by atoms with E-state index in [0.29, 0.717) is 35.8 Å². The number of ether oxygens (including phenoxy) is 4. The molecular weight excluding hydrogens is 670 g/mol. The number of hydrogen-bond acceptors (Lipinski definition) is 12. The van der Waals surface area contributed by atoms with Crippen LogP contribution < -0.4 is 29.6 Å². The van der Waals surface area contributed by atoms with E-state index in [1.54, 1.807) is 24.3 Å². The Morgan fingerprint density at radius 3 is 1.18 bits per heavy atom. The standard InChI is InChI=1S/C34H49N5O12/c1-48-26-7-5-24(17-28(26)50-3)9-11-35-30(40)19-38(22-33(44)45)15-13-37(21-32(42)43)14-16-39(23-34(46)47)20-31(41)36-12-10-25-6-8-27(49-2)29(18-25)51-4/h5-8,17-18H,9-16,19-23H2,1-4H3,(H,35,40)(H,36,41)(H,42,43)(H,44,45)(H,46,47). The van der Waals surface area contributed by atoms with Gasteiger partial charge >= 0.3 is 17.9 Å². The molecule has 2 aromatic carbocycles. The van der Waals surface area contributed by atoms with Crippen molar-refractivity contribution in [3.63, 3.8) is 0 Å². The maximum absolute atomic E-state index is 12.7. The van der Waals surface area contributed by atoms with Crippen molar-refractivity contribution in [3.8, 4) is 23.0 Å². The molecule has 0 fully saturated rings. The van der Waals surface area contributed by atoms with Gasteiger partial charge in [-0.05, 0) is 48.2 Å². The van der Waals surface area contributed by atoms with Crippen LogP contribution >= 0.6 is 0 Å². The molecule has 0 aliphatic carbocycles. The average Bonchev–Trinajstić information content (AvgIpc) is 3.08. The fraction of sp³-hybridized carbons (Fsp3) is 0.500. The average molecular weight is 720 g/mol. The first-order valence-electron chi connectivity index (χ1n) is 16.1. The van der Waals surface area contributed by atoms with Crippen LogP contribution in [0.1, 0.15) is 11.1 Å². The van der Waals surface area contributed by atoms with Crippen molar-refractivity contribution in [1.82, 2.24) is 25.3 Å². The predicted molar refractivity (Wildman–Crippen MR) is 185 cm³/mol. The van der Waals surface area contributed by atoms with Gasteiger partial charge in [-0.25, -0.2) is 0 Å². The molecule has 0 saturated heterocycles. The fourth-order valence-corrected chi connectivity index (χ4v) is 5.12. The lowest BCUT2D eigenvalue weighted by Crippen LogP contribution is -2.47. The zero-order valence-electron chi connectivity index (χ0n) is 29.5. The van der Waals surface area contributed by atoms with E-state index in [1.165, 1.54) is 43.1 Å². The van der Waals surface area contributed by atoms with E-state index in [9.17, 15) is 39.3 Å². The van der Waals surface area contributed by atoms with Crippen molar-refractivity contribution < 1.29 is 58.2 Å². The Balaban J connectivity index is 1.92. The summed E-state index contributed by atoms with van der Waals surface area (Å²) in [5, 5.41) is 33.9. The van der Waals surface area contributed by atoms with Gasteiger partial charge in [-0.2, -0.15) is 0 Å². The van der Waals surface area contributed by atoms with Crippen LogP contribution in [0.4, 0.5) is 0 Å². The molecule has 17 heteroatoms. The molecule has 17 nitrogen and oxygen atoms in total. The molecule has 0 aliphatic rings. The largest absolute Gasteiger partial charge is 0.493 e. The van der Waals surface area contributed by atoms with E-state index >= 15 is 0 Å². The van der Waals surface area contributed by atoms with E-state index in [-0.39, 0.29) is 52.4 Å². The monoisotopic (exact) mass is 719 g/mol. The van der Waals surface area contributed by atoms with Gasteiger partial charge in [0.15, 0.2) is 23.0 Å². The second kappa shape index (κ2) is 22.6. The minimum absolute atomic E-state index is 0.0399. The molecule has 0 aliphatic heterocycles. The highest BCUT2D eigenvalue weighted by molar-refractivity contribution is 5.79. The second-order valence-electron chi connectivity index (χ2n) is 11.5. The number of methoxy groups -OCH3 is 4. The van der Waals surface area contributed by atoms with Crippen molar-refractivity contribution in [2.75, 3.05) is 100 Å². The molecule has 2 amide bonds. The highest BCUT2D eigenvalue weighted by Crippen LogP contribution is 2.28. The molecule has 5 N–H and O–H groups in total. The zero-order chi connectivity index (χ0) is 37.8. The fourth-order valence-electron chi connectivity index (χ4n) is 5.12. The van der Waals surface area contributed by atoms with Crippen LogP contribution in [0.5, 0.6) is 23.0 Å². The van der Waals surface area contributed by atoms with Crippen molar-refractivity contribution in [2.45, 2.75) is 12.8 Å². The van der Waals surface area contributed by atoms with Gasteiger partial charge in [0, 0.05) is 39.3 Å². The summed E-state index contributed by atoms with van der Waals surface area (Å²) in [5.41, 5.74) is 1.78. The lowest BCUT2D eigenvalue weighted by molar-refractivity contribution is -0.141. The summed E-state index contributed by atoms with van der Waals surface area (Å²) in [6.45, 7) is -1.05. The van der Waals surface area contributed by atoms with E-state index in [2.05, 4.69) is 10.6 Å².